The Hall–Kier alpha value is -2.04. The van der Waals surface area contributed by atoms with Gasteiger partial charge < -0.3 is 10.1 Å². The third-order valence-electron chi connectivity index (χ3n) is 3.30. The molecular weight excluding hydrogens is 337 g/mol. The highest BCUT2D eigenvalue weighted by Gasteiger charge is 2.24. The first kappa shape index (κ1) is 17.3. The van der Waals surface area contributed by atoms with Gasteiger partial charge in [0, 0.05) is 22.0 Å². The van der Waals surface area contributed by atoms with Crippen LogP contribution in [0, 0.1) is 0 Å². The Labute approximate surface area is 144 Å². The Morgan fingerprint density at radius 2 is 1.65 bits per heavy atom. The van der Waals surface area contributed by atoms with Gasteiger partial charge in [0.1, 0.15) is 6.04 Å². The van der Waals surface area contributed by atoms with Crippen molar-refractivity contribution in [2.75, 3.05) is 7.11 Å². The Bertz CT molecular complexity index is 684. The molecule has 0 aliphatic carbocycles. The van der Waals surface area contributed by atoms with E-state index in [1.807, 2.05) is 0 Å². The quantitative estimate of drug-likeness (QED) is 0.838. The van der Waals surface area contributed by atoms with Gasteiger partial charge in [-0.1, -0.05) is 47.5 Å². The maximum Gasteiger partial charge on any atom is 0.328 e. The average molecular weight is 352 g/mol. The number of hydrogen-bond acceptors (Lipinski definition) is 3. The minimum Gasteiger partial charge on any atom is -0.467 e. The number of rotatable bonds is 5. The molecule has 0 heterocycles. The van der Waals surface area contributed by atoms with Crippen LogP contribution in [0.2, 0.25) is 10.0 Å². The summed E-state index contributed by atoms with van der Waals surface area (Å²) in [7, 11) is 1.26. The molecule has 0 fully saturated rings. The minimum absolute atomic E-state index is 0.143. The fourth-order valence-corrected chi connectivity index (χ4v) is 2.65. The highest BCUT2D eigenvalue weighted by Crippen LogP contribution is 2.25. The molecule has 0 bridgehead atoms. The van der Waals surface area contributed by atoms with Crippen molar-refractivity contribution in [3.63, 3.8) is 0 Å². The van der Waals surface area contributed by atoms with Crippen molar-refractivity contribution in [2.45, 2.75) is 12.5 Å². The molecule has 0 aromatic heterocycles. The second-order valence-corrected chi connectivity index (χ2v) is 5.63. The molecule has 4 nitrogen and oxygen atoms in total. The lowest BCUT2D eigenvalue weighted by Crippen LogP contribution is -2.43. The number of carbonyl (C=O) groups is 2. The van der Waals surface area contributed by atoms with E-state index in [0.717, 1.165) is 0 Å². The van der Waals surface area contributed by atoms with Crippen molar-refractivity contribution in [3.05, 3.63) is 69.7 Å². The fourth-order valence-electron chi connectivity index (χ4n) is 2.10. The van der Waals surface area contributed by atoms with Crippen LogP contribution in [0.25, 0.3) is 0 Å². The SMILES string of the molecule is COC(=O)[C@H](Cc1c(Cl)cccc1Cl)NC(=O)c1ccccc1. The first-order chi connectivity index (χ1) is 11.0. The highest BCUT2D eigenvalue weighted by molar-refractivity contribution is 6.36. The Balaban J connectivity index is 2.21. The molecule has 0 saturated carbocycles. The predicted octanol–water partition coefficient (Wildman–Crippen LogP) is 3.51. The molecule has 2 aromatic rings. The van der Waals surface area contributed by atoms with Crippen LogP contribution < -0.4 is 5.32 Å². The maximum absolute atomic E-state index is 12.3. The zero-order chi connectivity index (χ0) is 16.8. The maximum atomic E-state index is 12.3. The topological polar surface area (TPSA) is 55.4 Å². The van der Waals surface area contributed by atoms with E-state index >= 15 is 0 Å². The molecule has 2 rings (SSSR count). The van der Waals surface area contributed by atoms with E-state index in [0.29, 0.717) is 21.2 Å². The van der Waals surface area contributed by atoms with Gasteiger partial charge in [-0.15, -0.1) is 0 Å². The van der Waals surface area contributed by atoms with Crippen molar-refractivity contribution in [1.82, 2.24) is 5.32 Å². The van der Waals surface area contributed by atoms with Crippen LogP contribution in [0.4, 0.5) is 0 Å². The van der Waals surface area contributed by atoms with E-state index in [2.05, 4.69) is 5.32 Å². The van der Waals surface area contributed by atoms with Gasteiger partial charge >= 0.3 is 5.97 Å². The van der Waals surface area contributed by atoms with E-state index in [4.69, 9.17) is 27.9 Å². The second-order valence-electron chi connectivity index (χ2n) is 4.82. The second kappa shape index (κ2) is 7.99. The normalized spacial score (nSPS) is 11.6. The number of amides is 1. The third-order valence-corrected chi connectivity index (χ3v) is 4.01. The molecule has 0 saturated heterocycles. The number of benzene rings is 2. The first-order valence-corrected chi connectivity index (χ1v) is 7.65. The van der Waals surface area contributed by atoms with Crippen LogP contribution in [0.1, 0.15) is 15.9 Å². The number of halogens is 2. The molecule has 2 aromatic carbocycles. The smallest absolute Gasteiger partial charge is 0.328 e. The van der Waals surface area contributed by atoms with Gasteiger partial charge in [-0.2, -0.15) is 0 Å². The van der Waals surface area contributed by atoms with Crippen LogP contribution in [-0.2, 0) is 16.0 Å². The molecule has 0 unspecified atom stereocenters. The monoisotopic (exact) mass is 351 g/mol. The minimum atomic E-state index is -0.884. The van der Waals surface area contributed by atoms with Gasteiger partial charge in [0.2, 0.25) is 0 Å². The molecule has 0 spiro atoms. The Kier molecular flexibility index (Phi) is 6.02. The van der Waals surface area contributed by atoms with Gasteiger partial charge in [-0.25, -0.2) is 4.79 Å². The van der Waals surface area contributed by atoms with Crippen molar-refractivity contribution >= 4 is 35.1 Å². The number of hydrogen-bond donors (Lipinski definition) is 1. The van der Waals surface area contributed by atoms with E-state index in [1.165, 1.54) is 7.11 Å². The van der Waals surface area contributed by atoms with Crippen molar-refractivity contribution in [3.8, 4) is 0 Å². The zero-order valence-electron chi connectivity index (χ0n) is 12.4. The zero-order valence-corrected chi connectivity index (χ0v) is 13.9. The van der Waals surface area contributed by atoms with E-state index in [9.17, 15) is 9.59 Å². The van der Waals surface area contributed by atoms with Crippen molar-refractivity contribution in [1.29, 1.82) is 0 Å². The molecule has 1 amide bonds. The number of nitrogens with one attached hydrogen (secondary N) is 1. The largest absolute Gasteiger partial charge is 0.467 e. The molecule has 1 N–H and O–H groups in total. The lowest BCUT2D eigenvalue weighted by molar-refractivity contribution is -0.142. The summed E-state index contributed by atoms with van der Waals surface area (Å²) in [6.07, 6.45) is 0.143. The lowest BCUT2D eigenvalue weighted by Gasteiger charge is -2.18. The van der Waals surface area contributed by atoms with E-state index in [-0.39, 0.29) is 12.3 Å². The standard InChI is InChI=1S/C17H15Cl2NO3/c1-23-17(22)15(10-12-13(18)8-5-9-14(12)19)20-16(21)11-6-3-2-4-7-11/h2-9,15H,10H2,1H3,(H,20,21)/t15-/m0/s1. The van der Waals surface area contributed by atoms with Gasteiger partial charge in [0.15, 0.2) is 0 Å². The van der Waals surface area contributed by atoms with Crippen molar-refractivity contribution < 1.29 is 14.3 Å². The van der Waals surface area contributed by atoms with Gasteiger partial charge in [0.25, 0.3) is 5.91 Å². The molecule has 23 heavy (non-hydrogen) atoms. The summed E-state index contributed by atoms with van der Waals surface area (Å²) in [5.74, 6) is -0.936. The first-order valence-electron chi connectivity index (χ1n) is 6.89. The molecule has 6 heteroatoms. The summed E-state index contributed by atoms with van der Waals surface area (Å²) < 4.78 is 4.76. The molecule has 0 aliphatic rings. The summed E-state index contributed by atoms with van der Waals surface area (Å²) in [4.78, 5) is 24.2. The lowest BCUT2D eigenvalue weighted by atomic mass is 10.0. The third kappa shape index (κ3) is 4.47. The molecule has 120 valence electrons. The average Bonchev–Trinajstić information content (AvgIpc) is 2.57. The Morgan fingerprint density at radius 1 is 1.04 bits per heavy atom. The summed E-state index contributed by atoms with van der Waals surface area (Å²) in [6, 6.07) is 12.8. The van der Waals surface area contributed by atoms with Crippen LogP contribution >= 0.6 is 23.2 Å². The van der Waals surface area contributed by atoms with E-state index in [1.54, 1.807) is 48.5 Å². The van der Waals surface area contributed by atoms with E-state index < -0.39 is 12.0 Å². The number of esters is 1. The van der Waals surface area contributed by atoms with Gasteiger partial charge in [-0.3, -0.25) is 4.79 Å². The van der Waals surface area contributed by atoms with Crippen LogP contribution in [0.15, 0.2) is 48.5 Å². The fraction of sp³-hybridized carbons (Fsp3) is 0.176. The van der Waals surface area contributed by atoms with Crippen LogP contribution in [0.5, 0.6) is 0 Å². The highest BCUT2D eigenvalue weighted by atomic mass is 35.5. The summed E-state index contributed by atoms with van der Waals surface area (Å²) in [5, 5.41) is 3.52. The van der Waals surface area contributed by atoms with Crippen LogP contribution in [-0.4, -0.2) is 25.0 Å². The molecule has 1 atom stereocenters. The number of ether oxygens (including phenoxy) is 1. The summed E-state index contributed by atoms with van der Waals surface area (Å²) in [6.45, 7) is 0. The van der Waals surface area contributed by atoms with Gasteiger partial charge in [-0.05, 0) is 29.8 Å². The molecule has 0 radical (unpaired) electrons. The predicted molar refractivity (Wildman–Crippen MR) is 89.9 cm³/mol. The molecular formula is C17H15Cl2NO3. The summed E-state index contributed by atoms with van der Waals surface area (Å²) in [5.41, 5.74) is 1.03. The van der Waals surface area contributed by atoms with Crippen LogP contribution in [0.3, 0.4) is 0 Å². The van der Waals surface area contributed by atoms with Gasteiger partial charge in [0.05, 0.1) is 7.11 Å². The number of methoxy groups -OCH3 is 1. The number of carbonyl (C=O) groups excluding carboxylic acids is 2. The van der Waals surface area contributed by atoms with Crippen molar-refractivity contribution in [2.24, 2.45) is 0 Å². The summed E-state index contributed by atoms with van der Waals surface area (Å²) >= 11 is 12.3. The molecule has 0 aliphatic heterocycles. The Morgan fingerprint density at radius 3 is 2.22 bits per heavy atom.